The number of sulfonamides is 1. The number of aromatic nitrogens is 1. The number of rotatable bonds is 2. The fourth-order valence-electron chi connectivity index (χ4n) is 2.75. The number of morpholine rings is 1. The molecule has 0 unspecified atom stereocenters. The van der Waals surface area contributed by atoms with Crippen LogP contribution in [-0.2, 0) is 21.8 Å². The molecule has 22 heavy (non-hydrogen) atoms. The topological polar surface area (TPSA) is 81.8 Å². The van der Waals surface area contributed by atoms with Gasteiger partial charge in [-0.3, -0.25) is 4.57 Å². The molecule has 8 heteroatoms. The Bertz CT molecular complexity index is 857. The molecule has 2 aromatic rings. The van der Waals surface area contributed by atoms with Crippen molar-refractivity contribution in [3.63, 3.8) is 0 Å². The van der Waals surface area contributed by atoms with Crippen LogP contribution in [0.2, 0.25) is 0 Å². The van der Waals surface area contributed by atoms with Gasteiger partial charge in [-0.1, -0.05) is 0 Å². The zero-order valence-electron chi connectivity index (χ0n) is 12.6. The smallest absolute Gasteiger partial charge is 0.408 e. The molecule has 1 aliphatic rings. The molecular weight excluding hydrogens is 308 g/mol. The lowest BCUT2D eigenvalue weighted by molar-refractivity contribution is -0.0440. The third-order valence-corrected chi connectivity index (χ3v) is 5.62. The highest BCUT2D eigenvalue weighted by Crippen LogP contribution is 2.24. The number of hydrogen-bond donors (Lipinski definition) is 0. The van der Waals surface area contributed by atoms with E-state index in [-0.39, 0.29) is 22.7 Å². The molecular formula is C14H18N2O5S. The van der Waals surface area contributed by atoms with E-state index < -0.39 is 15.8 Å². The van der Waals surface area contributed by atoms with Crippen LogP contribution < -0.4 is 5.76 Å². The van der Waals surface area contributed by atoms with Gasteiger partial charge in [-0.15, -0.1) is 0 Å². The van der Waals surface area contributed by atoms with Gasteiger partial charge in [0, 0.05) is 26.2 Å². The first-order valence-corrected chi connectivity index (χ1v) is 8.48. The fourth-order valence-corrected chi connectivity index (χ4v) is 4.36. The molecule has 0 amide bonds. The number of oxazole rings is 1. The minimum absolute atomic E-state index is 0.121. The van der Waals surface area contributed by atoms with Gasteiger partial charge >= 0.3 is 5.76 Å². The summed E-state index contributed by atoms with van der Waals surface area (Å²) in [7, 11) is -2.06. The van der Waals surface area contributed by atoms with Gasteiger partial charge in [-0.2, -0.15) is 4.31 Å². The van der Waals surface area contributed by atoms with E-state index in [0.29, 0.717) is 18.6 Å². The highest BCUT2D eigenvalue weighted by Gasteiger charge is 2.32. The summed E-state index contributed by atoms with van der Waals surface area (Å²) in [6, 6.07) is 4.48. The number of aryl methyl sites for hydroxylation is 1. The molecule has 1 aromatic carbocycles. The van der Waals surface area contributed by atoms with E-state index in [1.807, 2.05) is 13.8 Å². The second-order valence-electron chi connectivity index (χ2n) is 5.64. The molecule has 1 fully saturated rings. The summed E-state index contributed by atoms with van der Waals surface area (Å²) >= 11 is 0. The molecule has 7 nitrogen and oxygen atoms in total. The lowest BCUT2D eigenvalue weighted by atomic mass is 10.3. The number of fused-ring (bicyclic) bond motifs is 1. The van der Waals surface area contributed by atoms with Crippen molar-refractivity contribution < 1.29 is 17.6 Å². The zero-order valence-corrected chi connectivity index (χ0v) is 13.5. The van der Waals surface area contributed by atoms with Gasteiger partial charge in [0.15, 0.2) is 5.58 Å². The molecule has 0 bridgehead atoms. The number of ether oxygens (including phenoxy) is 1. The van der Waals surface area contributed by atoms with Crippen molar-refractivity contribution in [3.8, 4) is 0 Å². The summed E-state index contributed by atoms with van der Waals surface area (Å²) in [5, 5.41) is 0. The summed E-state index contributed by atoms with van der Waals surface area (Å²) in [4.78, 5) is 11.6. The van der Waals surface area contributed by atoms with Crippen molar-refractivity contribution in [1.82, 2.24) is 8.87 Å². The maximum absolute atomic E-state index is 12.8. The Balaban J connectivity index is 2.03. The molecule has 0 saturated carbocycles. The Kier molecular flexibility index (Phi) is 3.62. The maximum Gasteiger partial charge on any atom is 0.419 e. The lowest BCUT2D eigenvalue weighted by Crippen LogP contribution is -2.48. The lowest BCUT2D eigenvalue weighted by Gasteiger charge is -2.34. The van der Waals surface area contributed by atoms with Crippen LogP contribution in [0.3, 0.4) is 0 Å². The van der Waals surface area contributed by atoms with Gasteiger partial charge in [0.25, 0.3) is 0 Å². The van der Waals surface area contributed by atoms with Crippen molar-refractivity contribution >= 4 is 21.1 Å². The Hall–Kier alpha value is -1.64. The van der Waals surface area contributed by atoms with E-state index in [0.717, 1.165) is 0 Å². The minimum Gasteiger partial charge on any atom is -0.408 e. The zero-order chi connectivity index (χ0) is 16.1. The van der Waals surface area contributed by atoms with Crippen LogP contribution in [0.1, 0.15) is 13.8 Å². The molecule has 2 heterocycles. The standard InChI is InChI=1S/C14H18N2O5S/c1-9-7-16(8-10(2)20-9)22(18,19)11-4-5-12-13(6-11)21-14(17)15(12)3/h4-6,9-10H,7-8H2,1-3H3/t9-,10-/m0/s1. The Labute approximate surface area is 128 Å². The summed E-state index contributed by atoms with van der Waals surface area (Å²) in [5.74, 6) is -0.516. The van der Waals surface area contributed by atoms with Crippen molar-refractivity contribution in [2.24, 2.45) is 7.05 Å². The second kappa shape index (κ2) is 5.22. The molecule has 0 aliphatic carbocycles. The highest BCUT2D eigenvalue weighted by atomic mass is 32.2. The van der Waals surface area contributed by atoms with E-state index in [4.69, 9.17) is 9.15 Å². The average Bonchev–Trinajstić information content (AvgIpc) is 2.72. The normalized spacial score (nSPS) is 24.0. The van der Waals surface area contributed by atoms with Crippen LogP contribution in [0.5, 0.6) is 0 Å². The average molecular weight is 326 g/mol. The van der Waals surface area contributed by atoms with E-state index in [9.17, 15) is 13.2 Å². The largest absolute Gasteiger partial charge is 0.419 e. The molecule has 1 saturated heterocycles. The van der Waals surface area contributed by atoms with Gasteiger partial charge < -0.3 is 9.15 Å². The molecule has 0 spiro atoms. The van der Waals surface area contributed by atoms with Gasteiger partial charge in [0.2, 0.25) is 10.0 Å². The van der Waals surface area contributed by atoms with Gasteiger partial charge in [-0.25, -0.2) is 13.2 Å². The van der Waals surface area contributed by atoms with Crippen LogP contribution in [0, 0.1) is 0 Å². The van der Waals surface area contributed by atoms with Crippen LogP contribution in [0.25, 0.3) is 11.1 Å². The number of benzene rings is 1. The number of nitrogens with zero attached hydrogens (tertiary/aromatic N) is 2. The van der Waals surface area contributed by atoms with E-state index in [2.05, 4.69) is 0 Å². The minimum atomic E-state index is -3.64. The van der Waals surface area contributed by atoms with E-state index in [1.54, 1.807) is 13.1 Å². The van der Waals surface area contributed by atoms with Crippen molar-refractivity contribution in [3.05, 3.63) is 28.7 Å². The van der Waals surface area contributed by atoms with Gasteiger partial charge in [0.05, 0.1) is 22.6 Å². The molecule has 2 atom stereocenters. The first-order valence-electron chi connectivity index (χ1n) is 7.04. The van der Waals surface area contributed by atoms with Gasteiger partial charge in [-0.05, 0) is 26.0 Å². The first kappa shape index (κ1) is 15.3. The summed E-state index contributed by atoms with van der Waals surface area (Å²) in [6.07, 6.45) is -0.311. The molecule has 0 N–H and O–H groups in total. The van der Waals surface area contributed by atoms with Crippen LogP contribution in [0.4, 0.5) is 0 Å². The fraction of sp³-hybridized carbons (Fsp3) is 0.500. The molecule has 1 aromatic heterocycles. The molecule has 120 valence electrons. The molecule has 1 aliphatic heterocycles. The predicted octanol–water partition coefficient (Wildman–Crippen LogP) is 0.929. The monoisotopic (exact) mass is 326 g/mol. The summed E-state index contributed by atoms with van der Waals surface area (Å²) in [5.41, 5.74) is 0.829. The SMILES string of the molecule is C[C@H]1CN(S(=O)(=O)c2ccc3c(c2)oc(=O)n3C)C[C@H](C)O1. The Morgan fingerprint density at radius 1 is 1.18 bits per heavy atom. The quantitative estimate of drug-likeness (QED) is 0.820. The Morgan fingerprint density at radius 3 is 2.45 bits per heavy atom. The predicted molar refractivity (Wildman–Crippen MR) is 80.2 cm³/mol. The Morgan fingerprint density at radius 2 is 1.82 bits per heavy atom. The van der Waals surface area contributed by atoms with Gasteiger partial charge in [0.1, 0.15) is 0 Å². The second-order valence-corrected chi connectivity index (χ2v) is 7.57. The molecule has 3 rings (SSSR count). The highest BCUT2D eigenvalue weighted by molar-refractivity contribution is 7.89. The van der Waals surface area contributed by atoms with E-state index >= 15 is 0 Å². The summed E-state index contributed by atoms with van der Waals surface area (Å²) < 4.78 is 38.9. The third kappa shape index (κ3) is 2.47. The van der Waals surface area contributed by atoms with Crippen molar-refractivity contribution in [2.75, 3.05) is 13.1 Å². The van der Waals surface area contributed by atoms with E-state index in [1.165, 1.54) is 21.0 Å². The van der Waals surface area contributed by atoms with Crippen LogP contribution >= 0.6 is 0 Å². The molecule has 0 radical (unpaired) electrons. The first-order chi connectivity index (χ1) is 10.3. The maximum atomic E-state index is 12.8. The van der Waals surface area contributed by atoms with Crippen molar-refractivity contribution in [2.45, 2.75) is 31.0 Å². The van der Waals surface area contributed by atoms with Crippen molar-refractivity contribution in [1.29, 1.82) is 0 Å². The van der Waals surface area contributed by atoms with Crippen LogP contribution in [0.15, 0.2) is 32.3 Å². The van der Waals surface area contributed by atoms with Crippen LogP contribution in [-0.4, -0.2) is 42.6 Å². The third-order valence-electron chi connectivity index (χ3n) is 3.79. The number of hydrogen-bond acceptors (Lipinski definition) is 5. The summed E-state index contributed by atoms with van der Waals surface area (Å²) in [6.45, 7) is 4.31.